The smallest absolute Gasteiger partial charge is 0.183 e. The van der Waals surface area contributed by atoms with Gasteiger partial charge in [0.25, 0.3) is 0 Å². The fraction of sp³-hybridized carbons (Fsp3) is 0.647. The van der Waals surface area contributed by atoms with Crippen LogP contribution in [0, 0.1) is 25.7 Å². The van der Waals surface area contributed by atoms with Crippen LogP contribution in [-0.4, -0.2) is 26.8 Å². The van der Waals surface area contributed by atoms with E-state index in [1.54, 1.807) is 0 Å². The molecule has 1 aromatic rings. The van der Waals surface area contributed by atoms with Crippen LogP contribution in [0.4, 0.5) is 0 Å². The van der Waals surface area contributed by atoms with Crippen LogP contribution in [0.1, 0.15) is 37.8 Å². The van der Waals surface area contributed by atoms with E-state index in [-0.39, 0.29) is 17.2 Å². The second kappa shape index (κ2) is 6.09. The van der Waals surface area contributed by atoms with E-state index in [1.165, 1.54) is 0 Å². The van der Waals surface area contributed by atoms with Crippen LogP contribution in [0.25, 0.3) is 0 Å². The van der Waals surface area contributed by atoms with Crippen LogP contribution in [0.15, 0.2) is 23.1 Å². The highest BCUT2D eigenvalue weighted by Gasteiger charge is 2.42. The quantitative estimate of drug-likeness (QED) is 0.933. The second-order valence-electron chi connectivity index (χ2n) is 6.73. The van der Waals surface area contributed by atoms with Crippen molar-refractivity contribution in [3.8, 4) is 0 Å². The molecular formula is C17H27NO2S. The molecule has 1 aromatic carbocycles. The Labute approximate surface area is 129 Å². The Morgan fingerprint density at radius 3 is 2.43 bits per heavy atom. The van der Waals surface area contributed by atoms with Gasteiger partial charge in [0, 0.05) is 6.04 Å². The van der Waals surface area contributed by atoms with Crippen molar-refractivity contribution in [3.05, 3.63) is 29.3 Å². The lowest BCUT2D eigenvalue weighted by Gasteiger charge is -2.39. The van der Waals surface area contributed by atoms with Crippen LogP contribution in [0.3, 0.4) is 0 Å². The predicted molar refractivity (Wildman–Crippen MR) is 87.3 cm³/mol. The molecule has 3 nitrogen and oxygen atoms in total. The molecule has 0 heterocycles. The van der Waals surface area contributed by atoms with Gasteiger partial charge in [-0.3, -0.25) is 0 Å². The third kappa shape index (κ3) is 3.16. The van der Waals surface area contributed by atoms with Gasteiger partial charge in [-0.2, -0.15) is 0 Å². The number of nitrogens with one attached hydrogen (secondary N) is 1. The predicted octanol–water partition coefficient (Wildman–Crippen LogP) is 3.10. The second-order valence-corrected chi connectivity index (χ2v) is 8.80. The maximum absolute atomic E-state index is 13.2. The zero-order valence-electron chi connectivity index (χ0n) is 13.7. The van der Waals surface area contributed by atoms with Gasteiger partial charge in [0.05, 0.1) is 10.1 Å². The molecule has 21 heavy (non-hydrogen) atoms. The minimum Gasteiger partial charge on any atom is -0.316 e. The molecule has 4 unspecified atom stereocenters. The monoisotopic (exact) mass is 309 g/mol. The Hall–Kier alpha value is -0.870. The van der Waals surface area contributed by atoms with E-state index in [0.29, 0.717) is 10.8 Å². The summed E-state index contributed by atoms with van der Waals surface area (Å²) in [5.41, 5.74) is 1.85. The number of hydrogen-bond donors (Lipinski definition) is 1. The number of hydrogen-bond acceptors (Lipinski definition) is 3. The molecule has 118 valence electrons. The van der Waals surface area contributed by atoms with Gasteiger partial charge in [-0.1, -0.05) is 26.0 Å². The lowest BCUT2D eigenvalue weighted by atomic mass is 9.80. The lowest BCUT2D eigenvalue weighted by Crippen LogP contribution is -2.50. The van der Waals surface area contributed by atoms with Crippen LogP contribution in [-0.2, 0) is 9.84 Å². The highest BCUT2D eigenvalue weighted by atomic mass is 32.2. The molecule has 1 fully saturated rings. The molecule has 1 aliphatic rings. The molecule has 0 aromatic heterocycles. The van der Waals surface area contributed by atoms with Crippen molar-refractivity contribution >= 4 is 9.84 Å². The molecule has 0 radical (unpaired) electrons. The zero-order chi connectivity index (χ0) is 15.8. The molecule has 0 saturated heterocycles. The fourth-order valence-electron chi connectivity index (χ4n) is 3.79. The number of aryl methyl sites for hydroxylation is 2. The number of sulfone groups is 1. The van der Waals surface area contributed by atoms with E-state index in [2.05, 4.69) is 19.2 Å². The van der Waals surface area contributed by atoms with Gasteiger partial charge in [0.15, 0.2) is 9.84 Å². The highest BCUT2D eigenvalue weighted by molar-refractivity contribution is 7.92. The minimum atomic E-state index is -3.31. The van der Waals surface area contributed by atoms with Crippen molar-refractivity contribution in [2.24, 2.45) is 11.8 Å². The first kappa shape index (κ1) is 16.5. The Balaban J connectivity index is 2.48. The standard InChI is InChI=1S/C17H27NO2S/c1-11-6-7-13(3)16(10-11)21(19,20)17-14(4)8-12(2)9-15(17)18-5/h6-7,10,12,14-15,17-18H,8-9H2,1-5H3. The molecule has 0 amide bonds. The molecule has 1 aliphatic carbocycles. The summed E-state index contributed by atoms with van der Waals surface area (Å²) in [5, 5.41) is 2.91. The Morgan fingerprint density at radius 2 is 1.81 bits per heavy atom. The van der Waals surface area contributed by atoms with Crippen molar-refractivity contribution in [2.75, 3.05) is 7.05 Å². The Kier molecular flexibility index (Phi) is 4.79. The summed E-state index contributed by atoms with van der Waals surface area (Å²) in [7, 11) is -1.44. The first-order chi connectivity index (χ1) is 9.77. The van der Waals surface area contributed by atoms with Gasteiger partial charge in [0.1, 0.15) is 0 Å². The van der Waals surface area contributed by atoms with Gasteiger partial charge in [-0.25, -0.2) is 8.42 Å². The van der Waals surface area contributed by atoms with Crippen molar-refractivity contribution < 1.29 is 8.42 Å². The van der Waals surface area contributed by atoms with E-state index in [1.807, 2.05) is 39.1 Å². The molecule has 4 heteroatoms. The summed E-state index contributed by atoms with van der Waals surface area (Å²) >= 11 is 0. The van der Waals surface area contributed by atoms with Crippen LogP contribution in [0.5, 0.6) is 0 Å². The third-order valence-corrected chi connectivity index (χ3v) is 7.33. The summed E-state index contributed by atoms with van der Waals surface area (Å²) in [5.74, 6) is 0.749. The van der Waals surface area contributed by atoms with E-state index >= 15 is 0 Å². The molecule has 2 rings (SSSR count). The van der Waals surface area contributed by atoms with Crippen LogP contribution < -0.4 is 5.32 Å². The topological polar surface area (TPSA) is 46.2 Å². The average molecular weight is 309 g/mol. The number of rotatable bonds is 3. The van der Waals surface area contributed by atoms with Gasteiger partial charge in [-0.15, -0.1) is 0 Å². The van der Waals surface area contributed by atoms with Crippen molar-refractivity contribution in [2.45, 2.75) is 56.7 Å². The normalized spacial score (nSPS) is 30.3. The lowest BCUT2D eigenvalue weighted by molar-refractivity contribution is 0.249. The van der Waals surface area contributed by atoms with Gasteiger partial charge in [0.2, 0.25) is 0 Å². The first-order valence-electron chi connectivity index (χ1n) is 7.75. The van der Waals surface area contributed by atoms with E-state index in [4.69, 9.17) is 0 Å². The van der Waals surface area contributed by atoms with Gasteiger partial charge >= 0.3 is 0 Å². The maximum Gasteiger partial charge on any atom is 0.183 e. The van der Waals surface area contributed by atoms with Crippen molar-refractivity contribution in [3.63, 3.8) is 0 Å². The Morgan fingerprint density at radius 1 is 1.14 bits per heavy atom. The zero-order valence-corrected chi connectivity index (χ0v) is 14.5. The van der Waals surface area contributed by atoms with Crippen molar-refractivity contribution in [1.29, 1.82) is 0 Å². The van der Waals surface area contributed by atoms with Crippen LogP contribution >= 0.6 is 0 Å². The molecule has 0 aliphatic heterocycles. The summed E-state index contributed by atoms with van der Waals surface area (Å²) in [4.78, 5) is 0.508. The molecular weight excluding hydrogens is 282 g/mol. The summed E-state index contributed by atoms with van der Waals surface area (Å²) in [6.45, 7) is 8.12. The maximum atomic E-state index is 13.2. The van der Waals surface area contributed by atoms with E-state index in [0.717, 1.165) is 24.0 Å². The SMILES string of the molecule is CNC1CC(C)CC(C)C1S(=O)(=O)c1cc(C)ccc1C. The molecule has 0 spiro atoms. The van der Waals surface area contributed by atoms with Gasteiger partial charge < -0.3 is 5.32 Å². The number of benzene rings is 1. The Bertz CT molecular complexity index is 609. The summed E-state index contributed by atoms with van der Waals surface area (Å²) in [6, 6.07) is 5.74. The average Bonchev–Trinajstić information content (AvgIpc) is 2.39. The molecule has 4 atom stereocenters. The van der Waals surface area contributed by atoms with E-state index < -0.39 is 9.84 Å². The largest absolute Gasteiger partial charge is 0.316 e. The summed E-state index contributed by atoms with van der Waals surface area (Å²) < 4.78 is 26.4. The molecule has 1 N–H and O–H groups in total. The minimum absolute atomic E-state index is 0.0358. The van der Waals surface area contributed by atoms with E-state index in [9.17, 15) is 8.42 Å². The van der Waals surface area contributed by atoms with Crippen LogP contribution in [0.2, 0.25) is 0 Å². The van der Waals surface area contributed by atoms with Crippen molar-refractivity contribution in [1.82, 2.24) is 5.32 Å². The van der Waals surface area contributed by atoms with Gasteiger partial charge in [-0.05, 0) is 62.8 Å². The summed E-state index contributed by atoms with van der Waals surface area (Å²) in [6.07, 6.45) is 1.91. The highest BCUT2D eigenvalue weighted by Crippen LogP contribution is 2.36. The third-order valence-electron chi connectivity index (χ3n) is 4.77. The molecule has 0 bridgehead atoms. The fourth-order valence-corrected chi connectivity index (χ4v) is 6.36. The first-order valence-corrected chi connectivity index (χ1v) is 9.30. The molecule has 1 saturated carbocycles.